The third-order valence-corrected chi connectivity index (χ3v) is 3.67. The largest absolute Gasteiger partial charge is 0.454 e. The first-order chi connectivity index (χ1) is 11.8. The van der Waals surface area contributed by atoms with Gasteiger partial charge in [-0.25, -0.2) is 9.98 Å². The molecule has 0 aliphatic carbocycles. The summed E-state index contributed by atoms with van der Waals surface area (Å²) < 4.78 is 12.4. The van der Waals surface area contributed by atoms with Crippen molar-refractivity contribution in [3.8, 4) is 11.5 Å². The van der Waals surface area contributed by atoms with E-state index in [1.807, 2.05) is 26.1 Å². The van der Waals surface area contributed by atoms with Crippen LogP contribution in [0.25, 0.3) is 0 Å². The molecule has 0 bridgehead atoms. The van der Waals surface area contributed by atoms with Gasteiger partial charge in [-0.2, -0.15) is 5.10 Å². The van der Waals surface area contributed by atoms with Crippen molar-refractivity contribution in [1.82, 2.24) is 25.4 Å². The fourth-order valence-corrected chi connectivity index (χ4v) is 2.38. The lowest BCUT2D eigenvalue weighted by molar-refractivity contribution is 0.174. The maximum atomic E-state index is 5.40. The van der Waals surface area contributed by atoms with Gasteiger partial charge in [-0.3, -0.25) is 4.68 Å². The average Bonchev–Trinajstić information content (AvgIpc) is 3.21. The van der Waals surface area contributed by atoms with Crippen molar-refractivity contribution in [2.45, 2.75) is 19.9 Å². The second-order valence-corrected chi connectivity index (χ2v) is 5.36. The van der Waals surface area contributed by atoms with Crippen LogP contribution in [0.4, 0.5) is 0 Å². The van der Waals surface area contributed by atoms with E-state index in [-0.39, 0.29) is 0 Å². The highest BCUT2D eigenvalue weighted by Crippen LogP contribution is 2.32. The van der Waals surface area contributed by atoms with Gasteiger partial charge in [-0.1, -0.05) is 6.07 Å². The number of benzene rings is 1. The number of rotatable bonds is 6. The normalized spacial score (nSPS) is 13.2. The maximum absolute atomic E-state index is 5.40. The van der Waals surface area contributed by atoms with Gasteiger partial charge >= 0.3 is 0 Å². The number of nitrogens with one attached hydrogen (secondary N) is 2. The first kappa shape index (κ1) is 16.1. The minimum atomic E-state index is 0.302. The van der Waals surface area contributed by atoms with Gasteiger partial charge in [0, 0.05) is 20.1 Å². The molecule has 24 heavy (non-hydrogen) atoms. The number of aromatic nitrogens is 3. The molecule has 1 aliphatic rings. The zero-order valence-electron chi connectivity index (χ0n) is 14.0. The highest BCUT2D eigenvalue weighted by molar-refractivity contribution is 5.79. The van der Waals surface area contributed by atoms with Crippen molar-refractivity contribution in [2.24, 2.45) is 12.0 Å². The Morgan fingerprint density at radius 2 is 2.17 bits per heavy atom. The van der Waals surface area contributed by atoms with Crippen molar-refractivity contribution in [3.63, 3.8) is 0 Å². The van der Waals surface area contributed by atoms with E-state index in [1.165, 1.54) is 11.9 Å². The van der Waals surface area contributed by atoms with E-state index in [0.29, 0.717) is 13.3 Å². The monoisotopic (exact) mass is 330 g/mol. The predicted molar refractivity (Wildman–Crippen MR) is 90.1 cm³/mol. The fourth-order valence-electron chi connectivity index (χ4n) is 2.38. The molecule has 0 fully saturated rings. The van der Waals surface area contributed by atoms with E-state index in [9.17, 15) is 0 Å². The Bertz CT molecular complexity index is 712. The summed E-state index contributed by atoms with van der Waals surface area (Å²) >= 11 is 0. The Labute approximate surface area is 140 Å². The van der Waals surface area contributed by atoms with E-state index in [4.69, 9.17) is 9.47 Å². The van der Waals surface area contributed by atoms with Crippen LogP contribution in [-0.4, -0.2) is 40.6 Å². The number of hydrogen-bond acceptors (Lipinski definition) is 5. The molecule has 2 N–H and O–H groups in total. The van der Waals surface area contributed by atoms with E-state index in [2.05, 4.69) is 31.8 Å². The molecule has 0 saturated heterocycles. The Kier molecular flexibility index (Phi) is 5.15. The lowest BCUT2D eigenvalue weighted by Gasteiger charge is -2.11. The van der Waals surface area contributed by atoms with Crippen LogP contribution in [0.1, 0.15) is 18.3 Å². The third-order valence-electron chi connectivity index (χ3n) is 3.67. The van der Waals surface area contributed by atoms with E-state index < -0.39 is 0 Å². The highest BCUT2D eigenvalue weighted by atomic mass is 16.7. The number of hydrogen-bond donors (Lipinski definition) is 2. The smallest absolute Gasteiger partial charge is 0.231 e. The number of guanidine groups is 1. The Hall–Kier alpha value is -2.77. The summed E-state index contributed by atoms with van der Waals surface area (Å²) in [6, 6.07) is 6.03. The molecule has 0 atom stereocenters. The zero-order valence-corrected chi connectivity index (χ0v) is 14.0. The van der Waals surface area contributed by atoms with Crippen molar-refractivity contribution in [2.75, 3.05) is 19.9 Å². The molecule has 128 valence electrons. The number of ether oxygens (including phenoxy) is 2. The van der Waals surface area contributed by atoms with Crippen LogP contribution in [0.3, 0.4) is 0 Å². The second-order valence-electron chi connectivity index (χ2n) is 5.36. The van der Waals surface area contributed by atoms with Crippen LogP contribution in [0, 0.1) is 0 Å². The van der Waals surface area contributed by atoms with Crippen LogP contribution in [0.15, 0.2) is 29.5 Å². The van der Waals surface area contributed by atoms with Crippen molar-refractivity contribution < 1.29 is 9.47 Å². The summed E-state index contributed by atoms with van der Waals surface area (Å²) in [5, 5.41) is 10.6. The topological polar surface area (TPSA) is 85.6 Å². The van der Waals surface area contributed by atoms with Crippen LogP contribution < -0.4 is 20.1 Å². The van der Waals surface area contributed by atoms with Gasteiger partial charge in [0.2, 0.25) is 6.79 Å². The standard InChI is InChI=1S/C16H22N6O2/c1-3-17-16(19-9-15-20-10-21-22(15)2)18-7-6-12-4-5-13-14(8-12)24-11-23-13/h4-5,8,10H,3,6-7,9,11H2,1-2H3,(H2,17,18,19). The van der Waals surface area contributed by atoms with Gasteiger partial charge in [-0.05, 0) is 31.0 Å². The Morgan fingerprint density at radius 1 is 1.29 bits per heavy atom. The van der Waals surface area contributed by atoms with E-state index in [0.717, 1.165) is 42.8 Å². The van der Waals surface area contributed by atoms with Crippen molar-refractivity contribution >= 4 is 5.96 Å². The van der Waals surface area contributed by atoms with Gasteiger partial charge in [0.05, 0.1) is 0 Å². The summed E-state index contributed by atoms with van der Waals surface area (Å²) in [7, 11) is 1.86. The van der Waals surface area contributed by atoms with E-state index >= 15 is 0 Å². The summed E-state index contributed by atoms with van der Waals surface area (Å²) in [6.07, 6.45) is 2.40. The van der Waals surface area contributed by atoms with Gasteiger partial charge in [-0.15, -0.1) is 0 Å². The zero-order chi connectivity index (χ0) is 16.8. The molecular weight excluding hydrogens is 308 g/mol. The molecule has 2 aromatic rings. The van der Waals surface area contributed by atoms with Gasteiger partial charge in [0.25, 0.3) is 0 Å². The molecule has 2 heterocycles. The summed E-state index contributed by atoms with van der Waals surface area (Å²) in [4.78, 5) is 8.70. The third kappa shape index (κ3) is 3.95. The first-order valence-electron chi connectivity index (χ1n) is 8.00. The second kappa shape index (κ2) is 7.67. The lowest BCUT2D eigenvalue weighted by Crippen LogP contribution is -2.38. The molecule has 8 heteroatoms. The molecule has 1 aliphatic heterocycles. The number of fused-ring (bicyclic) bond motifs is 1. The Morgan fingerprint density at radius 3 is 2.96 bits per heavy atom. The molecule has 0 radical (unpaired) electrons. The predicted octanol–water partition coefficient (Wildman–Crippen LogP) is 0.842. The van der Waals surface area contributed by atoms with Crippen molar-refractivity contribution in [3.05, 3.63) is 35.9 Å². The Balaban J connectivity index is 1.53. The summed E-state index contributed by atoms with van der Waals surface area (Å²) in [6.45, 7) is 4.39. The summed E-state index contributed by atoms with van der Waals surface area (Å²) in [5.74, 6) is 3.21. The first-order valence-corrected chi connectivity index (χ1v) is 8.00. The van der Waals surface area contributed by atoms with Crippen LogP contribution in [-0.2, 0) is 20.0 Å². The molecular formula is C16H22N6O2. The van der Waals surface area contributed by atoms with Crippen LogP contribution in [0.2, 0.25) is 0 Å². The maximum Gasteiger partial charge on any atom is 0.231 e. The van der Waals surface area contributed by atoms with Crippen LogP contribution in [0.5, 0.6) is 11.5 Å². The minimum absolute atomic E-state index is 0.302. The number of aliphatic imine (C=N–C) groups is 1. The fraction of sp³-hybridized carbons (Fsp3) is 0.438. The lowest BCUT2D eigenvalue weighted by atomic mass is 10.1. The molecule has 0 amide bonds. The highest BCUT2D eigenvalue weighted by Gasteiger charge is 2.12. The minimum Gasteiger partial charge on any atom is -0.454 e. The summed E-state index contributed by atoms with van der Waals surface area (Å²) in [5.41, 5.74) is 1.19. The number of nitrogens with zero attached hydrogens (tertiary/aromatic N) is 4. The molecule has 0 spiro atoms. The molecule has 8 nitrogen and oxygen atoms in total. The van der Waals surface area contributed by atoms with E-state index in [1.54, 1.807) is 4.68 Å². The SMILES string of the molecule is CCNC(=NCc1ncnn1C)NCCc1ccc2c(c1)OCO2. The van der Waals surface area contributed by atoms with Crippen LogP contribution >= 0.6 is 0 Å². The molecule has 3 rings (SSSR count). The van der Waals surface area contributed by atoms with Gasteiger partial charge in [0.15, 0.2) is 17.5 Å². The molecule has 0 saturated carbocycles. The molecule has 0 unspecified atom stereocenters. The molecule has 1 aromatic heterocycles. The average molecular weight is 330 g/mol. The van der Waals surface area contributed by atoms with Gasteiger partial charge in [0.1, 0.15) is 18.7 Å². The quantitative estimate of drug-likeness (QED) is 0.603. The van der Waals surface area contributed by atoms with Gasteiger partial charge < -0.3 is 20.1 Å². The van der Waals surface area contributed by atoms with Crippen molar-refractivity contribution in [1.29, 1.82) is 0 Å². The number of aryl methyl sites for hydroxylation is 1. The molecule has 1 aromatic carbocycles.